The minimum absolute atomic E-state index is 0.0535. The lowest BCUT2D eigenvalue weighted by Gasteiger charge is -2.15. The van der Waals surface area contributed by atoms with Gasteiger partial charge in [0, 0.05) is 12.1 Å². The summed E-state index contributed by atoms with van der Waals surface area (Å²) in [6.07, 6.45) is 4.99. The Hall–Kier alpha value is -3.95. The van der Waals surface area contributed by atoms with Crippen molar-refractivity contribution in [2.24, 2.45) is 0 Å². The molecule has 31 heavy (non-hydrogen) atoms. The molecule has 0 saturated heterocycles. The van der Waals surface area contributed by atoms with Crippen molar-refractivity contribution in [3.63, 3.8) is 0 Å². The summed E-state index contributed by atoms with van der Waals surface area (Å²) in [4.78, 5) is 5.87. The number of hydrogen-bond donors (Lipinski definition) is 0. The summed E-state index contributed by atoms with van der Waals surface area (Å²) in [5.41, 5.74) is 1.54. The van der Waals surface area contributed by atoms with Gasteiger partial charge in [-0.1, -0.05) is 0 Å². The third kappa shape index (κ3) is 4.32. The molecule has 1 aromatic carbocycles. The van der Waals surface area contributed by atoms with E-state index in [-0.39, 0.29) is 6.10 Å². The summed E-state index contributed by atoms with van der Waals surface area (Å²) in [7, 11) is 3.19. The number of nitrogens with zero attached hydrogens (tertiary/aromatic N) is 7. The molecule has 0 aliphatic heterocycles. The zero-order valence-electron chi connectivity index (χ0n) is 17.8. The topological polar surface area (TPSA) is 102 Å². The molecule has 0 unspecified atom stereocenters. The normalized spacial score (nSPS) is 11.0. The van der Waals surface area contributed by atoms with Crippen LogP contribution in [0.4, 0.5) is 0 Å². The third-order valence-corrected chi connectivity index (χ3v) is 4.45. The standard InChI is InChI=1S/C21H23N7O3/c1-14(2)31-16-6-7-17(18(11-16)29-3)21-26-25-19(13-27-23-9-10-24-27)28(21)15-5-8-20(30-4)22-12-15/h5-12,14H,13H2,1-4H3. The Morgan fingerprint density at radius 1 is 0.968 bits per heavy atom. The highest BCUT2D eigenvalue weighted by atomic mass is 16.5. The van der Waals surface area contributed by atoms with Crippen LogP contribution < -0.4 is 14.2 Å². The molecule has 0 bridgehead atoms. The summed E-state index contributed by atoms with van der Waals surface area (Å²) in [6, 6.07) is 9.31. The molecule has 4 aromatic rings. The number of ether oxygens (including phenoxy) is 3. The van der Waals surface area contributed by atoms with E-state index in [1.54, 1.807) is 38.9 Å². The fourth-order valence-corrected chi connectivity index (χ4v) is 3.14. The van der Waals surface area contributed by atoms with Crippen LogP contribution in [0.25, 0.3) is 17.1 Å². The molecule has 3 aromatic heterocycles. The van der Waals surface area contributed by atoms with Gasteiger partial charge >= 0.3 is 0 Å². The molecule has 10 heteroatoms. The van der Waals surface area contributed by atoms with Gasteiger partial charge in [-0.05, 0) is 32.0 Å². The average molecular weight is 421 g/mol. The van der Waals surface area contributed by atoms with Crippen molar-refractivity contribution in [2.75, 3.05) is 14.2 Å². The highest BCUT2D eigenvalue weighted by Crippen LogP contribution is 2.34. The lowest BCUT2D eigenvalue weighted by Crippen LogP contribution is -2.11. The van der Waals surface area contributed by atoms with Gasteiger partial charge in [-0.3, -0.25) is 4.57 Å². The van der Waals surface area contributed by atoms with E-state index in [0.29, 0.717) is 35.6 Å². The Morgan fingerprint density at radius 3 is 2.42 bits per heavy atom. The van der Waals surface area contributed by atoms with E-state index in [4.69, 9.17) is 14.2 Å². The van der Waals surface area contributed by atoms with Crippen LogP contribution in [0.15, 0.2) is 48.9 Å². The van der Waals surface area contributed by atoms with Crippen molar-refractivity contribution in [2.45, 2.75) is 26.5 Å². The second kappa shape index (κ2) is 8.82. The van der Waals surface area contributed by atoms with E-state index in [0.717, 1.165) is 11.3 Å². The minimum Gasteiger partial charge on any atom is -0.496 e. The predicted molar refractivity (Wildman–Crippen MR) is 113 cm³/mol. The Kier molecular flexibility index (Phi) is 5.78. The fourth-order valence-electron chi connectivity index (χ4n) is 3.14. The lowest BCUT2D eigenvalue weighted by atomic mass is 10.1. The van der Waals surface area contributed by atoms with Crippen molar-refractivity contribution in [3.8, 4) is 34.5 Å². The summed E-state index contributed by atoms with van der Waals surface area (Å²) in [6.45, 7) is 4.29. The average Bonchev–Trinajstić information content (AvgIpc) is 3.44. The van der Waals surface area contributed by atoms with Crippen molar-refractivity contribution in [1.29, 1.82) is 0 Å². The van der Waals surface area contributed by atoms with Crippen molar-refractivity contribution >= 4 is 0 Å². The SMILES string of the molecule is COc1ccc(-n2c(Cn3nccn3)nnc2-c2ccc(OC(C)C)cc2OC)cn1. The maximum Gasteiger partial charge on any atom is 0.213 e. The molecule has 4 rings (SSSR count). The minimum atomic E-state index is 0.0535. The Bertz CT molecular complexity index is 1140. The number of aromatic nitrogens is 7. The van der Waals surface area contributed by atoms with Crippen molar-refractivity contribution < 1.29 is 14.2 Å². The van der Waals surface area contributed by atoms with Gasteiger partial charge in [0.2, 0.25) is 5.88 Å². The van der Waals surface area contributed by atoms with Gasteiger partial charge in [0.05, 0.1) is 50.2 Å². The van der Waals surface area contributed by atoms with Gasteiger partial charge in [0.25, 0.3) is 0 Å². The van der Waals surface area contributed by atoms with Crippen LogP contribution in [-0.2, 0) is 6.54 Å². The van der Waals surface area contributed by atoms with E-state index < -0.39 is 0 Å². The van der Waals surface area contributed by atoms with Crippen LogP contribution in [-0.4, -0.2) is 55.1 Å². The van der Waals surface area contributed by atoms with Gasteiger partial charge in [-0.25, -0.2) is 4.98 Å². The molecule has 0 spiro atoms. The smallest absolute Gasteiger partial charge is 0.213 e. The molecule has 0 radical (unpaired) electrons. The highest BCUT2D eigenvalue weighted by molar-refractivity contribution is 5.68. The van der Waals surface area contributed by atoms with E-state index in [2.05, 4.69) is 25.4 Å². The highest BCUT2D eigenvalue weighted by Gasteiger charge is 2.20. The Balaban J connectivity index is 1.83. The monoisotopic (exact) mass is 421 g/mol. The molecular weight excluding hydrogens is 398 g/mol. The first-order chi connectivity index (χ1) is 15.1. The predicted octanol–water partition coefficient (Wildman–Crippen LogP) is 2.77. The van der Waals surface area contributed by atoms with E-state index in [1.165, 1.54) is 4.80 Å². The molecule has 0 fully saturated rings. The van der Waals surface area contributed by atoms with E-state index >= 15 is 0 Å². The van der Waals surface area contributed by atoms with Gasteiger partial charge < -0.3 is 14.2 Å². The third-order valence-electron chi connectivity index (χ3n) is 4.45. The molecule has 160 valence electrons. The van der Waals surface area contributed by atoms with Crippen molar-refractivity contribution in [1.82, 2.24) is 34.7 Å². The molecule has 0 amide bonds. The summed E-state index contributed by atoms with van der Waals surface area (Å²) in [5, 5.41) is 17.2. The van der Waals surface area contributed by atoms with E-state index in [9.17, 15) is 0 Å². The number of pyridine rings is 1. The molecule has 0 saturated carbocycles. The first-order valence-corrected chi connectivity index (χ1v) is 9.73. The van der Waals surface area contributed by atoms with Crippen LogP contribution in [0.5, 0.6) is 17.4 Å². The summed E-state index contributed by atoms with van der Waals surface area (Å²) < 4.78 is 18.5. The zero-order chi connectivity index (χ0) is 21.8. The Labute approximate surface area is 179 Å². The van der Waals surface area contributed by atoms with Gasteiger partial charge in [0.1, 0.15) is 18.0 Å². The summed E-state index contributed by atoms with van der Waals surface area (Å²) in [5.74, 6) is 3.09. The van der Waals surface area contributed by atoms with Crippen LogP contribution in [0.1, 0.15) is 19.7 Å². The molecule has 0 N–H and O–H groups in total. The Morgan fingerprint density at radius 2 is 1.77 bits per heavy atom. The lowest BCUT2D eigenvalue weighted by molar-refractivity contribution is 0.241. The first kappa shape index (κ1) is 20.3. The zero-order valence-corrected chi connectivity index (χ0v) is 17.8. The number of hydrogen-bond acceptors (Lipinski definition) is 8. The molecule has 10 nitrogen and oxygen atoms in total. The largest absolute Gasteiger partial charge is 0.496 e. The first-order valence-electron chi connectivity index (χ1n) is 9.73. The number of rotatable bonds is 8. The quantitative estimate of drug-likeness (QED) is 0.428. The van der Waals surface area contributed by atoms with Gasteiger partial charge in [-0.15, -0.1) is 10.2 Å². The second-order valence-electron chi connectivity index (χ2n) is 6.92. The van der Waals surface area contributed by atoms with Gasteiger partial charge in [-0.2, -0.15) is 15.0 Å². The molecule has 0 aliphatic carbocycles. The number of methoxy groups -OCH3 is 2. The maximum atomic E-state index is 5.80. The number of benzene rings is 1. The molecular formula is C21H23N7O3. The van der Waals surface area contributed by atoms with Gasteiger partial charge in [0.15, 0.2) is 11.6 Å². The van der Waals surface area contributed by atoms with E-state index in [1.807, 2.05) is 42.7 Å². The summed E-state index contributed by atoms with van der Waals surface area (Å²) >= 11 is 0. The maximum absolute atomic E-state index is 5.80. The second-order valence-corrected chi connectivity index (χ2v) is 6.92. The molecule has 0 atom stereocenters. The van der Waals surface area contributed by atoms with Crippen LogP contribution in [0.2, 0.25) is 0 Å². The van der Waals surface area contributed by atoms with Crippen LogP contribution in [0.3, 0.4) is 0 Å². The fraction of sp³-hybridized carbons (Fsp3) is 0.286. The molecule has 3 heterocycles. The molecule has 0 aliphatic rings. The van der Waals surface area contributed by atoms with Crippen LogP contribution >= 0.6 is 0 Å². The van der Waals surface area contributed by atoms with Crippen LogP contribution in [0, 0.1) is 0 Å². The van der Waals surface area contributed by atoms with Crippen molar-refractivity contribution in [3.05, 3.63) is 54.7 Å².